The van der Waals surface area contributed by atoms with Crippen molar-refractivity contribution in [3.05, 3.63) is 29.3 Å². The van der Waals surface area contributed by atoms with Crippen molar-refractivity contribution in [1.29, 1.82) is 0 Å². The number of aryl methyl sites for hydroxylation is 1. The summed E-state index contributed by atoms with van der Waals surface area (Å²) < 4.78 is 0. The lowest BCUT2D eigenvalue weighted by atomic mass is 10.00. The average molecular weight is 448 g/mol. The van der Waals surface area contributed by atoms with Crippen molar-refractivity contribution in [3.8, 4) is 0 Å². The van der Waals surface area contributed by atoms with Gasteiger partial charge in [-0.2, -0.15) is 11.8 Å². The van der Waals surface area contributed by atoms with Crippen LogP contribution in [0.4, 0.5) is 5.69 Å². The number of hydrogen-bond donors (Lipinski definition) is 2. The van der Waals surface area contributed by atoms with Crippen molar-refractivity contribution in [2.24, 2.45) is 4.99 Å². The molecule has 1 aromatic carbocycles. The van der Waals surface area contributed by atoms with E-state index in [1.165, 1.54) is 29.7 Å². The molecule has 0 unspecified atom stereocenters. The Bertz CT molecular complexity index is 507. The van der Waals surface area contributed by atoms with Gasteiger partial charge < -0.3 is 15.5 Å². The van der Waals surface area contributed by atoms with E-state index in [0.717, 1.165) is 37.9 Å². The quantitative estimate of drug-likeness (QED) is 0.304. The Labute approximate surface area is 161 Å². The van der Waals surface area contributed by atoms with Crippen LogP contribution >= 0.6 is 35.7 Å². The first-order valence-corrected chi connectivity index (χ1v) is 9.48. The van der Waals surface area contributed by atoms with Crippen molar-refractivity contribution in [2.45, 2.75) is 26.3 Å². The molecule has 0 fully saturated rings. The molecule has 4 nitrogen and oxygen atoms in total. The van der Waals surface area contributed by atoms with Crippen LogP contribution < -0.4 is 15.5 Å². The van der Waals surface area contributed by atoms with E-state index in [1.807, 2.05) is 11.8 Å². The van der Waals surface area contributed by atoms with E-state index in [2.05, 4.69) is 54.0 Å². The van der Waals surface area contributed by atoms with Gasteiger partial charge in [-0.3, -0.25) is 0 Å². The monoisotopic (exact) mass is 448 g/mol. The topological polar surface area (TPSA) is 39.7 Å². The second-order valence-corrected chi connectivity index (χ2v) is 6.59. The van der Waals surface area contributed by atoms with Gasteiger partial charge in [0.15, 0.2) is 5.96 Å². The lowest BCUT2D eigenvalue weighted by Crippen LogP contribution is -2.38. The molecule has 0 aromatic heterocycles. The maximum absolute atomic E-state index is 4.70. The van der Waals surface area contributed by atoms with Crippen LogP contribution in [0.2, 0.25) is 0 Å². The molecule has 6 heteroatoms. The highest BCUT2D eigenvalue weighted by molar-refractivity contribution is 14.0. The number of halogens is 1. The zero-order valence-corrected chi connectivity index (χ0v) is 17.5. The molecule has 0 saturated heterocycles. The first-order valence-electron chi connectivity index (χ1n) is 8.08. The third kappa shape index (κ3) is 6.41. The van der Waals surface area contributed by atoms with Gasteiger partial charge in [-0.15, -0.1) is 24.0 Å². The van der Waals surface area contributed by atoms with E-state index in [0.29, 0.717) is 0 Å². The second-order valence-electron chi connectivity index (χ2n) is 5.60. The van der Waals surface area contributed by atoms with Crippen LogP contribution in [-0.4, -0.2) is 44.7 Å². The number of fused-ring (bicyclic) bond motifs is 1. The normalized spacial score (nSPS) is 14.0. The van der Waals surface area contributed by atoms with Gasteiger partial charge in [0.2, 0.25) is 0 Å². The molecular formula is C17H29IN4S. The standard InChI is InChI=1S/C17H28N4S.HI/c1-4-18-17(19-9-11-22-3)20-13-14-7-8-16-15(12-14)6-5-10-21(16)2;/h7-8,12H,4-6,9-11,13H2,1-3H3,(H2,18,19,20);1H. The minimum Gasteiger partial charge on any atom is -0.374 e. The summed E-state index contributed by atoms with van der Waals surface area (Å²) in [7, 11) is 2.18. The molecule has 2 N–H and O–H groups in total. The third-order valence-electron chi connectivity index (χ3n) is 3.86. The highest BCUT2D eigenvalue weighted by Gasteiger charge is 2.13. The predicted octanol–water partition coefficient (Wildman–Crippen LogP) is 3.11. The molecule has 0 aliphatic carbocycles. The summed E-state index contributed by atoms with van der Waals surface area (Å²) in [6, 6.07) is 6.77. The van der Waals surface area contributed by atoms with Crippen molar-refractivity contribution in [2.75, 3.05) is 43.6 Å². The summed E-state index contributed by atoms with van der Waals surface area (Å²) in [5.41, 5.74) is 4.13. The van der Waals surface area contributed by atoms with Gasteiger partial charge in [0.1, 0.15) is 0 Å². The van der Waals surface area contributed by atoms with Gasteiger partial charge in [0.25, 0.3) is 0 Å². The molecule has 0 amide bonds. The average Bonchev–Trinajstić information content (AvgIpc) is 2.53. The molecule has 130 valence electrons. The number of guanidine groups is 1. The summed E-state index contributed by atoms with van der Waals surface area (Å²) in [5, 5.41) is 6.67. The molecule has 0 bridgehead atoms. The largest absolute Gasteiger partial charge is 0.374 e. The third-order valence-corrected chi connectivity index (χ3v) is 4.47. The maximum atomic E-state index is 4.70. The molecule has 0 radical (unpaired) electrons. The number of rotatable bonds is 6. The Kier molecular flexibility index (Phi) is 9.78. The highest BCUT2D eigenvalue weighted by atomic mass is 127. The summed E-state index contributed by atoms with van der Waals surface area (Å²) in [6.07, 6.45) is 4.55. The van der Waals surface area contributed by atoms with Crippen LogP contribution in [0.1, 0.15) is 24.5 Å². The highest BCUT2D eigenvalue weighted by Crippen LogP contribution is 2.26. The summed E-state index contributed by atoms with van der Waals surface area (Å²) >= 11 is 1.84. The Hall–Kier alpha value is -0.630. The molecule has 0 spiro atoms. The van der Waals surface area contributed by atoms with E-state index in [4.69, 9.17) is 4.99 Å². The lowest BCUT2D eigenvalue weighted by molar-refractivity contribution is 0.742. The van der Waals surface area contributed by atoms with Crippen LogP contribution in [0, 0.1) is 0 Å². The predicted molar refractivity (Wildman–Crippen MR) is 115 cm³/mol. The van der Waals surface area contributed by atoms with Crippen LogP contribution in [-0.2, 0) is 13.0 Å². The number of aliphatic imine (C=N–C) groups is 1. The van der Waals surface area contributed by atoms with Crippen molar-refractivity contribution in [3.63, 3.8) is 0 Å². The molecule has 0 saturated carbocycles. The maximum Gasteiger partial charge on any atom is 0.191 e. The van der Waals surface area contributed by atoms with E-state index in [9.17, 15) is 0 Å². The Morgan fingerprint density at radius 3 is 2.91 bits per heavy atom. The van der Waals surface area contributed by atoms with Crippen LogP contribution in [0.25, 0.3) is 0 Å². The van der Waals surface area contributed by atoms with Gasteiger partial charge in [0.05, 0.1) is 6.54 Å². The zero-order valence-electron chi connectivity index (χ0n) is 14.4. The summed E-state index contributed by atoms with van der Waals surface area (Å²) in [6.45, 7) is 5.82. The molecule has 2 rings (SSSR count). The van der Waals surface area contributed by atoms with Crippen molar-refractivity contribution in [1.82, 2.24) is 10.6 Å². The van der Waals surface area contributed by atoms with Crippen LogP contribution in [0.5, 0.6) is 0 Å². The van der Waals surface area contributed by atoms with E-state index in [-0.39, 0.29) is 24.0 Å². The molecule has 1 heterocycles. The molecule has 23 heavy (non-hydrogen) atoms. The van der Waals surface area contributed by atoms with Crippen molar-refractivity contribution >= 4 is 47.4 Å². The first-order chi connectivity index (χ1) is 10.7. The number of anilines is 1. The Balaban J connectivity index is 0.00000264. The zero-order chi connectivity index (χ0) is 15.8. The number of thioether (sulfide) groups is 1. The van der Waals surface area contributed by atoms with Gasteiger partial charge in [0, 0.05) is 38.1 Å². The fourth-order valence-electron chi connectivity index (χ4n) is 2.72. The Morgan fingerprint density at radius 2 is 2.17 bits per heavy atom. The number of hydrogen-bond acceptors (Lipinski definition) is 3. The lowest BCUT2D eigenvalue weighted by Gasteiger charge is -2.27. The minimum absolute atomic E-state index is 0. The SMILES string of the molecule is CCNC(=NCc1ccc2c(c1)CCCN2C)NCCSC.I. The summed E-state index contributed by atoms with van der Waals surface area (Å²) in [4.78, 5) is 7.04. The van der Waals surface area contributed by atoms with E-state index in [1.54, 1.807) is 0 Å². The van der Waals surface area contributed by atoms with Gasteiger partial charge in [-0.1, -0.05) is 12.1 Å². The number of nitrogens with one attached hydrogen (secondary N) is 2. The van der Waals surface area contributed by atoms with E-state index >= 15 is 0 Å². The fraction of sp³-hybridized carbons (Fsp3) is 0.588. The number of benzene rings is 1. The van der Waals surface area contributed by atoms with Gasteiger partial charge in [-0.25, -0.2) is 4.99 Å². The molecule has 1 aliphatic heterocycles. The van der Waals surface area contributed by atoms with Gasteiger partial charge >= 0.3 is 0 Å². The first kappa shape index (κ1) is 20.4. The Morgan fingerprint density at radius 1 is 1.35 bits per heavy atom. The molecule has 1 aliphatic rings. The molecule has 0 atom stereocenters. The smallest absolute Gasteiger partial charge is 0.191 e. The van der Waals surface area contributed by atoms with E-state index < -0.39 is 0 Å². The minimum atomic E-state index is 0. The van der Waals surface area contributed by atoms with Crippen LogP contribution in [0.15, 0.2) is 23.2 Å². The molecule has 1 aromatic rings. The number of nitrogens with zero attached hydrogens (tertiary/aromatic N) is 2. The molecular weight excluding hydrogens is 419 g/mol. The van der Waals surface area contributed by atoms with Crippen molar-refractivity contribution < 1.29 is 0 Å². The fourth-order valence-corrected chi connectivity index (χ4v) is 3.03. The van der Waals surface area contributed by atoms with Gasteiger partial charge in [-0.05, 0) is 43.2 Å². The summed E-state index contributed by atoms with van der Waals surface area (Å²) in [5.74, 6) is 2.00. The second kappa shape index (κ2) is 11.0. The van der Waals surface area contributed by atoms with Crippen LogP contribution in [0.3, 0.4) is 0 Å².